The van der Waals surface area contributed by atoms with Crippen LogP contribution in [0.25, 0.3) is 6.08 Å². The van der Waals surface area contributed by atoms with Gasteiger partial charge in [-0.3, -0.25) is 9.78 Å². The molecule has 1 aliphatic heterocycles. The Morgan fingerprint density at radius 2 is 2.25 bits per heavy atom. The minimum atomic E-state index is -0.196. The van der Waals surface area contributed by atoms with E-state index in [9.17, 15) is 4.79 Å². The molecule has 7 heteroatoms. The number of pyridine rings is 1. The van der Waals surface area contributed by atoms with Gasteiger partial charge in [0.05, 0.1) is 18.8 Å². The summed E-state index contributed by atoms with van der Waals surface area (Å²) in [4.78, 5) is 27.3. The van der Waals surface area contributed by atoms with Crippen LogP contribution in [0.4, 0.5) is 0 Å². The van der Waals surface area contributed by atoms with Crippen molar-refractivity contribution in [3.8, 4) is 5.88 Å². The molecule has 1 fully saturated rings. The van der Waals surface area contributed by atoms with Gasteiger partial charge < -0.3 is 14.4 Å². The molecule has 0 spiro atoms. The topological polar surface area (TPSA) is 77.4 Å². The SMILES string of the molecule is Cc1cc(OCC2CN(C(=O)/C=C/c3ccccn3)CCO2)nc(C(C)C)n1. The number of hydrogen-bond acceptors (Lipinski definition) is 6. The lowest BCUT2D eigenvalue weighted by Crippen LogP contribution is -2.47. The molecule has 0 aromatic carbocycles. The Labute approximate surface area is 165 Å². The second-order valence-electron chi connectivity index (χ2n) is 7.04. The van der Waals surface area contributed by atoms with E-state index < -0.39 is 0 Å². The molecule has 7 nitrogen and oxygen atoms in total. The number of rotatable bonds is 6. The van der Waals surface area contributed by atoms with E-state index in [0.717, 1.165) is 17.2 Å². The molecule has 3 heterocycles. The zero-order valence-electron chi connectivity index (χ0n) is 16.5. The lowest BCUT2D eigenvalue weighted by Gasteiger charge is -2.32. The molecule has 1 saturated heterocycles. The molecule has 148 valence electrons. The predicted octanol–water partition coefficient (Wildman–Crippen LogP) is 2.62. The van der Waals surface area contributed by atoms with Gasteiger partial charge in [-0.25, -0.2) is 4.98 Å². The van der Waals surface area contributed by atoms with E-state index in [1.807, 2.05) is 45.0 Å². The second kappa shape index (κ2) is 9.41. The average Bonchev–Trinajstić information content (AvgIpc) is 2.71. The van der Waals surface area contributed by atoms with Crippen LogP contribution in [0.15, 0.2) is 36.5 Å². The smallest absolute Gasteiger partial charge is 0.246 e. The highest BCUT2D eigenvalue weighted by atomic mass is 16.5. The lowest BCUT2D eigenvalue weighted by atomic mass is 10.2. The zero-order valence-corrected chi connectivity index (χ0v) is 16.5. The van der Waals surface area contributed by atoms with Crippen molar-refractivity contribution >= 4 is 12.0 Å². The van der Waals surface area contributed by atoms with Crippen LogP contribution in [0.2, 0.25) is 0 Å². The van der Waals surface area contributed by atoms with Gasteiger partial charge in [-0.2, -0.15) is 4.98 Å². The summed E-state index contributed by atoms with van der Waals surface area (Å²) in [7, 11) is 0. The number of morpholine rings is 1. The third-order valence-corrected chi connectivity index (χ3v) is 4.32. The van der Waals surface area contributed by atoms with Gasteiger partial charge in [0.2, 0.25) is 11.8 Å². The van der Waals surface area contributed by atoms with Crippen molar-refractivity contribution in [2.45, 2.75) is 32.8 Å². The molecule has 0 saturated carbocycles. The van der Waals surface area contributed by atoms with Crippen LogP contribution < -0.4 is 4.74 Å². The maximum absolute atomic E-state index is 12.4. The monoisotopic (exact) mass is 382 g/mol. The fraction of sp³-hybridized carbons (Fsp3) is 0.429. The van der Waals surface area contributed by atoms with Crippen molar-refractivity contribution < 1.29 is 14.3 Å². The summed E-state index contributed by atoms with van der Waals surface area (Å²) in [5.41, 5.74) is 1.62. The van der Waals surface area contributed by atoms with Crippen LogP contribution in [0.5, 0.6) is 5.88 Å². The Balaban J connectivity index is 1.55. The fourth-order valence-electron chi connectivity index (χ4n) is 2.83. The highest BCUT2D eigenvalue weighted by Gasteiger charge is 2.24. The minimum Gasteiger partial charge on any atom is -0.475 e. The highest BCUT2D eigenvalue weighted by molar-refractivity contribution is 5.91. The fourth-order valence-corrected chi connectivity index (χ4v) is 2.83. The van der Waals surface area contributed by atoms with E-state index in [4.69, 9.17) is 9.47 Å². The molecule has 0 radical (unpaired) electrons. The summed E-state index contributed by atoms with van der Waals surface area (Å²) in [5, 5.41) is 0. The maximum atomic E-state index is 12.4. The van der Waals surface area contributed by atoms with Gasteiger partial charge in [0.15, 0.2) is 0 Å². The summed E-state index contributed by atoms with van der Waals surface area (Å²) < 4.78 is 11.6. The van der Waals surface area contributed by atoms with Gasteiger partial charge in [0.25, 0.3) is 0 Å². The molecule has 0 bridgehead atoms. The summed E-state index contributed by atoms with van der Waals surface area (Å²) in [5.74, 6) is 1.47. The molecule has 0 aliphatic carbocycles. The first-order chi connectivity index (χ1) is 13.5. The molecule has 2 aromatic heterocycles. The quantitative estimate of drug-likeness (QED) is 0.715. The first-order valence-electron chi connectivity index (χ1n) is 9.49. The van der Waals surface area contributed by atoms with Crippen molar-refractivity contribution in [2.24, 2.45) is 0 Å². The van der Waals surface area contributed by atoms with Crippen LogP contribution in [-0.4, -0.2) is 58.2 Å². The number of aromatic nitrogens is 3. The number of carbonyl (C=O) groups is 1. The summed E-state index contributed by atoms with van der Waals surface area (Å²) in [6.45, 7) is 7.87. The van der Waals surface area contributed by atoms with Gasteiger partial charge in [-0.05, 0) is 25.1 Å². The van der Waals surface area contributed by atoms with Crippen molar-refractivity contribution in [1.82, 2.24) is 19.9 Å². The average molecular weight is 382 g/mol. The van der Waals surface area contributed by atoms with Gasteiger partial charge in [0.1, 0.15) is 18.5 Å². The molecule has 1 aliphatic rings. The lowest BCUT2D eigenvalue weighted by molar-refractivity contribution is -0.134. The number of nitrogens with zero attached hydrogens (tertiary/aromatic N) is 4. The third kappa shape index (κ3) is 5.60. The molecule has 0 N–H and O–H groups in total. The molecular weight excluding hydrogens is 356 g/mol. The standard InChI is InChI=1S/C21H26N4O3/c1-15(2)21-23-16(3)12-19(24-21)28-14-18-13-25(10-11-27-18)20(26)8-7-17-6-4-5-9-22-17/h4-9,12,15,18H,10-11,13-14H2,1-3H3/b8-7+. The normalized spacial score (nSPS) is 17.3. The molecule has 1 amide bonds. The number of aryl methyl sites for hydroxylation is 1. The number of hydrogen-bond donors (Lipinski definition) is 0. The first kappa shape index (κ1) is 19.9. The van der Waals surface area contributed by atoms with Gasteiger partial charge in [-0.1, -0.05) is 19.9 Å². The summed E-state index contributed by atoms with van der Waals surface area (Å²) in [6, 6.07) is 7.40. The number of ether oxygens (including phenoxy) is 2. The van der Waals surface area contributed by atoms with Crippen molar-refractivity contribution in [2.75, 3.05) is 26.3 Å². The van der Waals surface area contributed by atoms with Crippen molar-refractivity contribution in [1.29, 1.82) is 0 Å². The highest BCUT2D eigenvalue weighted by Crippen LogP contribution is 2.16. The summed E-state index contributed by atoms with van der Waals surface area (Å²) in [6.07, 6.45) is 4.78. The minimum absolute atomic E-state index is 0.0565. The summed E-state index contributed by atoms with van der Waals surface area (Å²) >= 11 is 0. The van der Waals surface area contributed by atoms with E-state index in [-0.39, 0.29) is 17.9 Å². The van der Waals surface area contributed by atoms with E-state index in [2.05, 4.69) is 15.0 Å². The molecule has 3 rings (SSSR count). The van der Waals surface area contributed by atoms with Crippen molar-refractivity contribution in [3.05, 3.63) is 53.8 Å². The predicted molar refractivity (Wildman–Crippen MR) is 106 cm³/mol. The van der Waals surface area contributed by atoms with Crippen molar-refractivity contribution in [3.63, 3.8) is 0 Å². The second-order valence-corrected chi connectivity index (χ2v) is 7.04. The molecular formula is C21H26N4O3. The Kier molecular flexibility index (Phi) is 6.71. The Morgan fingerprint density at radius 1 is 1.39 bits per heavy atom. The Bertz CT molecular complexity index is 824. The zero-order chi connectivity index (χ0) is 19.9. The van der Waals surface area contributed by atoms with E-state index in [0.29, 0.717) is 32.2 Å². The van der Waals surface area contributed by atoms with E-state index >= 15 is 0 Å². The Morgan fingerprint density at radius 3 is 3.00 bits per heavy atom. The largest absolute Gasteiger partial charge is 0.475 e. The van der Waals surface area contributed by atoms with Gasteiger partial charge in [0, 0.05) is 36.5 Å². The van der Waals surface area contributed by atoms with Crippen LogP contribution in [-0.2, 0) is 9.53 Å². The number of amides is 1. The van der Waals surface area contributed by atoms with Gasteiger partial charge in [-0.15, -0.1) is 0 Å². The third-order valence-electron chi connectivity index (χ3n) is 4.32. The van der Waals surface area contributed by atoms with E-state index in [1.165, 1.54) is 0 Å². The Hall–Kier alpha value is -2.80. The number of carbonyl (C=O) groups excluding carboxylic acids is 1. The molecule has 28 heavy (non-hydrogen) atoms. The van der Waals surface area contributed by atoms with Crippen LogP contribution in [0.3, 0.4) is 0 Å². The molecule has 2 aromatic rings. The first-order valence-corrected chi connectivity index (χ1v) is 9.49. The maximum Gasteiger partial charge on any atom is 0.246 e. The van der Waals surface area contributed by atoms with Crippen LogP contribution in [0.1, 0.15) is 37.0 Å². The molecule has 1 unspecified atom stereocenters. The van der Waals surface area contributed by atoms with Crippen LogP contribution >= 0.6 is 0 Å². The van der Waals surface area contributed by atoms with Gasteiger partial charge >= 0.3 is 0 Å². The van der Waals surface area contributed by atoms with Crippen LogP contribution in [0, 0.1) is 6.92 Å². The van der Waals surface area contributed by atoms with E-state index in [1.54, 1.807) is 23.2 Å². The molecule has 1 atom stereocenters.